The molecule has 6 aromatic rings. The van der Waals surface area contributed by atoms with Crippen LogP contribution in [0.5, 0.6) is 0 Å². The van der Waals surface area contributed by atoms with E-state index >= 15 is 13.7 Å². The fourth-order valence-corrected chi connectivity index (χ4v) is 20.6. The van der Waals surface area contributed by atoms with Gasteiger partial charge in [-0.3, -0.25) is 0 Å². The summed E-state index contributed by atoms with van der Waals surface area (Å²) in [7, 11) is -2.28. The normalized spacial score (nSPS) is 12.8. The van der Waals surface area contributed by atoms with Crippen molar-refractivity contribution in [3.05, 3.63) is 219 Å². The van der Waals surface area contributed by atoms with Gasteiger partial charge in [0, 0.05) is 21.4 Å². The quantitative estimate of drug-likeness (QED) is 0.108. The third kappa shape index (κ3) is 8.99. The van der Waals surface area contributed by atoms with Crippen LogP contribution in [0.3, 0.4) is 0 Å². The molecule has 0 atom stereocenters. The summed E-state index contributed by atoms with van der Waals surface area (Å²) in [5.41, 5.74) is 0. The molecule has 253 valence electrons. The zero-order valence-electron chi connectivity index (χ0n) is 27.5. The predicted molar refractivity (Wildman–Crippen MR) is 216 cm³/mol. The summed E-state index contributed by atoms with van der Waals surface area (Å²) in [5.74, 6) is 0. The Labute approximate surface area is 321 Å². The van der Waals surface area contributed by atoms with Crippen molar-refractivity contribution < 1.29 is 34.5 Å². The summed E-state index contributed by atoms with van der Waals surface area (Å²) in [4.78, 5) is 0. The van der Waals surface area contributed by atoms with Crippen LogP contribution in [0.1, 0.15) is 0 Å². The Kier molecular flexibility index (Phi) is 15.2. The topological polar surface area (TPSA) is 51.2 Å². The Morgan fingerprint density at radius 3 is 0.588 bits per heavy atom. The summed E-state index contributed by atoms with van der Waals surface area (Å²) < 4.78 is 49.6. The Balaban J connectivity index is 0.000000564. The number of hydrogen-bond acceptors (Lipinski definition) is 3. The minimum absolute atomic E-state index is 0.0692. The molecule has 1 aliphatic carbocycles. The molecule has 0 bridgehead atoms. The van der Waals surface area contributed by atoms with E-state index in [0.29, 0.717) is 31.8 Å². The van der Waals surface area contributed by atoms with Gasteiger partial charge in [-0.1, -0.05) is 187 Å². The zero-order chi connectivity index (χ0) is 36.0. The number of benzene rings is 6. The average molecular weight is 843 g/mol. The molecular weight excluding hydrogens is 808 g/mol. The number of hydrogen-bond donors (Lipinski definition) is 0. The van der Waals surface area contributed by atoms with Gasteiger partial charge in [0.05, 0.1) is 0 Å². The van der Waals surface area contributed by atoms with Crippen LogP contribution in [-0.2, 0) is 34.5 Å². The molecule has 6 aromatic carbocycles. The second-order valence-electron chi connectivity index (χ2n) is 11.2. The van der Waals surface area contributed by atoms with Crippen LogP contribution < -0.4 is 31.8 Å². The van der Waals surface area contributed by atoms with Gasteiger partial charge < -0.3 is 13.7 Å². The molecule has 0 unspecified atom stereocenters. The first-order valence-corrected chi connectivity index (χ1v) is 27.5. The van der Waals surface area contributed by atoms with Crippen LogP contribution >= 0.6 is 38.5 Å². The molecule has 1 aliphatic rings. The van der Waals surface area contributed by atoms with E-state index in [1.807, 2.05) is 141 Å². The van der Waals surface area contributed by atoms with Gasteiger partial charge in [0.15, 0.2) is 0 Å². The summed E-state index contributed by atoms with van der Waals surface area (Å²) in [6.07, 6.45) is 10.0. The van der Waals surface area contributed by atoms with Gasteiger partial charge in [-0.2, -0.15) is 0 Å². The Morgan fingerprint density at radius 2 is 0.451 bits per heavy atom. The first-order valence-electron chi connectivity index (χ1n) is 16.1. The Hall–Kier alpha value is -2.53. The van der Waals surface area contributed by atoms with Crippen LogP contribution in [0.15, 0.2) is 182 Å². The van der Waals surface area contributed by atoms with E-state index in [9.17, 15) is 0 Å². The molecule has 0 aliphatic heterocycles. The maximum absolute atomic E-state index is 16.5. The van der Waals surface area contributed by atoms with E-state index in [4.69, 9.17) is 17.0 Å². The van der Waals surface area contributed by atoms with E-state index in [-0.39, 0.29) is 5.14 Å². The van der Waals surface area contributed by atoms with Crippen LogP contribution in [0.2, 0.25) is 0 Å². The maximum atomic E-state index is 16.5. The van der Waals surface area contributed by atoms with E-state index < -0.39 is 42.3 Å². The molecule has 0 heterocycles. The summed E-state index contributed by atoms with van der Waals surface area (Å²) in [6, 6.07) is 54.7. The van der Waals surface area contributed by atoms with Crippen molar-refractivity contribution >= 4 is 70.3 Å². The SMILES string of the molecule is O=P(c1ccccc1)(c1ccccc1)[C-](P(=O)(c1ccccc1)c1ccccc1)P(=O)(c1ccccc1)c1ccccc1.[CH]1[CH][CH][CH][CH]1.[Cl][Zr+2][Cl]. The average Bonchev–Trinajstić information content (AvgIpc) is 3.81. The van der Waals surface area contributed by atoms with E-state index in [1.54, 1.807) is 72.8 Å². The van der Waals surface area contributed by atoms with Crippen molar-refractivity contribution in [2.45, 2.75) is 0 Å². The second kappa shape index (κ2) is 19.5. The standard InChI is InChI=1S/C37H30O3P3.C5H5.2ClH.Zr/c38-41(31-19-7-1-8-20-31,32-21-9-2-10-22-32)37(42(39,33-23-11-3-12-24-33)34-25-13-4-14-26-34)43(40,35-27-15-5-16-28-35)36-29-17-6-18-30-36;1-2-4-5-3-1;;;/h1-30H;1-5H;2*1H;/q-1;;;;+4/p-2. The minimum atomic E-state index is -4.05. The first-order chi connectivity index (χ1) is 24.9. The van der Waals surface area contributed by atoms with Crippen molar-refractivity contribution in [2.24, 2.45) is 0 Å². The van der Waals surface area contributed by atoms with Crippen molar-refractivity contribution in [2.75, 3.05) is 0 Å². The van der Waals surface area contributed by atoms with Crippen molar-refractivity contribution in [3.8, 4) is 0 Å². The van der Waals surface area contributed by atoms with Gasteiger partial charge in [0.2, 0.25) is 0 Å². The van der Waals surface area contributed by atoms with Gasteiger partial charge in [0.1, 0.15) is 0 Å². The van der Waals surface area contributed by atoms with Crippen LogP contribution in [0.25, 0.3) is 0 Å². The molecule has 3 nitrogen and oxygen atoms in total. The van der Waals surface area contributed by atoms with Crippen LogP contribution in [-0.4, -0.2) is 0 Å². The molecule has 7 rings (SSSR count). The molecule has 5 radical (unpaired) electrons. The summed E-state index contributed by atoms with van der Waals surface area (Å²) in [6.45, 7) is 0. The Bertz CT molecular complexity index is 1680. The fraction of sp³-hybridized carbons (Fsp3) is 0. The first kappa shape index (κ1) is 39.7. The summed E-state index contributed by atoms with van der Waals surface area (Å²) in [5, 5.41) is 2.96. The summed E-state index contributed by atoms with van der Waals surface area (Å²) >= 11 is -0.826. The van der Waals surface area contributed by atoms with Gasteiger partial charge >= 0.3 is 37.9 Å². The van der Waals surface area contributed by atoms with Gasteiger partial charge in [-0.15, -0.1) is 0 Å². The van der Waals surface area contributed by atoms with Gasteiger partial charge in [-0.05, 0) is 63.9 Å². The molecule has 0 N–H and O–H groups in total. The molecule has 9 heteroatoms. The molecule has 1 saturated carbocycles. The van der Waals surface area contributed by atoms with E-state index in [0.717, 1.165) is 0 Å². The van der Waals surface area contributed by atoms with Crippen LogP contribution in [0, 0.1) is 37.2 Å². The third-order valence-electron chi connectivity index (χ3n) is 8.12. The van der Waals surface area contributed by atoms with Crippen molar-refractivity contribution in [1.82, 2.24) is 0 Å². The monoisotopic (exact) mass is 840 g/mol. The van der Waals surface area contributed by atoms with E-state index in [2.05, 4.69) is 0 Å². The van der Waals surface area contributed by atoms with Crippen molar-refractivity contribution in [1.29, 1.82) is 0 Å². The molecule has 0 spiro atoms. The third-order valence-corrected chi connectivity index (χ3v) is 21.0. The molecular formula is C42H35Cl2O3P3Zr+. The van der Waals surface area contributed by atoms with Gasteiger partial charge in [-0.25, -0.2) is 0 Å². The zero-order valence-corrected chi connectivity index (χ0v) is 34.2. The van der Waals surface area contributed by atoms with Crippen molar-refractivity contribution in [3.63, 3.8) is 0 Å². The second-order valence-corrected chi connectivity index (χ2v) is 24.1. The molecule has 0 saturated heterocycles. The van der Waals surface area contributed by atoms with Crippen LogP contribution in [0.4, 0.5) is 0 Å². The van der Waals surface area contributed by atoms with E-state index in [1.165, 1.54) is 0 Å². The molecule has 51 heavy (non-hydrogen) atoms. The van der Waals surface area contributed by atoms with Gasteiger partial charge in [0.25, 0.3) is 0 Å². The Morgan fingerprint density at radius 1 is 0.314 bits per heavy atom. The molecule has 0 aromatic heterocycles. The fourth-order valence-electron chi connectivity index (χ4n) is 5.88. The predicted octanol–water partition coefficient (Wildman–Crippen LogP) is 9.87. The molecule has 1 fully saturated rings. The number of rotatable bonds is 9. The molecule has 0 amide bonds. The number of halogens is 2.